The van der Waals surface area contributed by atoms with Gasteiger partial charge < -0.3 is 10.6 Å². The van der Waals surface area contributed by atoms with E-state index in [1.807, 2.05) is 38.1 Å². The monoisotopic (exact) mass is 383 g/mol. The van der Waals surface area contributed by atoms with E-state index in [0.717, 1.165) is 24.0 Å². The molecule has 2 aromatic heterocycles. The van der Waals surface area contributed by atoms with Crippen molar-refractivity contribution in [3.63, 3.8) is 0 Å². The van der Waals surface area contributed by atoms with E-state index in [1.54, 1.807) is 4.40 Å². The van der Waals surface area contributed by atoms with Gasteiger partial charge in [0.1, 0.15) is 0 Å². The van der Waals surface area contributed by atoms with Crippen molar-refractivity contribution in [2.24, 2.45) is 0 Å². The van der Waals surface area contributed by atoms with E-state index in [9.17, 15) is 4.79 Å². The second kappa shape index (κ2) is 7.51. The number of thioether (sulfide) groups is 1. The molecule has 9 heteroatoms. The Bertz CT molecular complexity index is 987. The largest absolute Gasteiger partial charge is 0.355 e. The number of nitrogens with one attached hydrogen (secondary N) is 2. The molecule has 1 atom stereocenters. The van der Waals surface area contributed by atoms with Crippen LogP contribution >= 0.6 is 11.8 Å². The molecule has 0 spiro atoms. The fraction of sp³-hybridized carbons (Fsp3) is 0.389. The fourth-order valence-corrected chi connectivity index (χ4v) is 4.28. The third-order valence-electron chi connectivity index (χ3n) is 4.41. The predicted molar refractivity (Wildman–Crippen MR) is 106 cm³/mol. The van der Waals surface area contributed by atoms with Gasteiger partial charge in [0.25, 0.3) is 5.78 Å². The molecule has 140 valence electrons. The third-order valence-corrected chi connectivity index (χ3v) is 5.62. The van der Waals surface area contributed by atoms with Crippen molar-refractivity contribution < 1.29 is 4.79 Å². The number of rotatable bonds is 6. The van der Waals surface area contributed by atoms with Crippen molar-refractivity contribution in [3.8, 4) is 0 Å². The Kier molecular flexibility index (Phi) is 4.93. The number of aromatic nitrogens is 5. The van der Waals surface area contributed by atoms with Gasteiger partial charge in [0.05, 0.1) is 5.25 Å². The number of fused-ring (bicyclic) bond motifs is 2. The van der Waals surface area contributed by atoms with Gasteiger partial charge in [-0.15, -0.1) is 10.2 Å². The molecule has 0 radical (unpaired) electrons. The summed E-state index contributed by atoms with van der Waals surface area (Å²) in [5.41, 5.74) is 1.94. The number of carbonyl (C=O) groups is 1. The highest BCUT2D eigenvalue weighted by molar-refractivity contribution is 8.00. The van der Waals surface area contributed by atoms with E-state index in [2.05, 4.69) is 30.8 Å². The van der Waals surface area contributed by atoms with Crippen LogP contribution in [0.5, 0.6) is 0 Å². The highest BCUT2D eigenvalue weighted by Gasteiger charge is 2.30. The maximum absolute atomic E-state index is 12.9. The first-order valence-electron chi connectivity index (χ1n) is 9.11. The number of Topliss-reactive ketones (excluding diaryl/α,β-unsaturated/α-hetero) is 1. The first kappa shape index (κ1) is 17.7. The minimum absolute atomic E-state index is 0.147. The van der Waals surface area contributed by atoms with Crippen LogP contribution in [0.3, 0.4) is 0 Å². The zero-order chi connectivity index (χ0) is 18.8. The maximum Gasteiger partial charge on any atom is 0.261 e. The SMILES string of the molecule is CCNc1nc(NCC)n2c(SC3CCc4ccccc4C3=O)nnc2n1. The molecule has 0 saturated carbocycles. The highest BCUT2D eigenvalue weighted by atomic mass is 32.2. The van der Waals surface area contributed by atoms with Crippen molar-refractivity contribution in [3.05, 3.63) is 35.4 Å². The van der Waals surface area contributed by atoms with Gasteiger partial charge in [-0.1, -0.05) is 36.0 Å². The minimum atomic E-state index is -0.185. The van der Waals surface area contributed by atoms with E-state index in [0.29, 0.717) is 35.9 Å². The molecule has 1 aliphatic rings. The third kappa shape index (κ3) is 3.34. The summed E-state index contributed by atoms with van der Waals surface area (Å²) in [4.78, 5) is 21.8. The van der Waals surface area contributed by atoms with Crippen molar-refractivity contribution in [1.29, 1.82) is 0 Å². The molecule has 1 aliphatic carbocycles. The predicted octanol–water partition coefficient (Wildman–Crippen LogP) is 2.67. The van der Waals surface area contributed by atoms with Gasteiger partial charge in [-0.2, -0.15) is 9.97 Å². The average molecular weight is 383 g/mol. The number of nitrogens with zero attached hydrogens (tertiary/aromatic N) is 5. The van der Waals surface area contributed by atoms with Crippen molar-refractivity contribution in [2.45, 2.75) is 37.1 Å². The summed E-state index contributed by atoms with van der Waals surface area (Å²) in [5, 5.41) is 15.2. The number of aryl methyl sites for hydroxylation is 1. The summed E-state index contributed by atoms with van der Waals surface area (Å²) >= 11 is 1.43. The molecule has 8 nitrogen and oxygen atoms in total. The zero-order valence-corrected chi connectivity index (χ0v) is 16.1. The maximum atomic E-state index is 12.9. The lowest BCUT2D eigenvalue weighted by atomic mass is 9.90. The number of ketones is 1. The quantitative estimate of drug-likeness (QED) is 0.671. The number of anilines is 2. The summed E-state index contributed by atoms with van der Waals surface area (Å²) in [6.07, 6.45) is 1.67. The number of hydrogen-bond acceptors (Lipinski definition) is 8. The summed E-state index contributed by atoms with van der Waals surface area (Å²) in [7, 11) is 0. The lowest BCUT2D eigenvalue weighted by Crippen LogP contribution is -2.25. The number of hydrogen-bond donors (Lipinski definition) is 2. The van der Waals surface area contributed by atoms with Crippen LogP contribution in [0.25, 0.3) is 5.78 Å². The van der Waals surface area contributed by atoms with Crippen LogP contribution in [0.2, 0.25) is 0 Å². The van der Waals surface area contributed by atoms with Gasteiger partial charge in [-0.05, 0) is 32.3 Å². The van der Waals surface area contributed by atoms with Gasteiger partial charge in [0.2, 0.25) is 11.9 Å². The molecule has 0 aliphatic heterocycles. The normalized spacial score (nSPS) is 16.4. The van der Waals surface area contributed by atoms with E-state index in [-0.39, 0.29) is 11.0 Å². The van der Waals surface area contributed by atoms with Crippen LogP contribution in [0.1, 0.15) is 36.2 Å². The Morgan fingerprint density at radius 1 is 1.15 bits per heavy atom. The number of benzene rings is 1. The lowest BCUT2D eigenvalue weighted by molar-refractivity contribution is 0.0979. The average Bonchev–Trinajstić information content (AvgIpc) is 3.08. The second-order valence-electron chi connectivity index (χ2n) is 6.22. The van der Waals surface area contributed by atoms with Crippen LogP contribution < -0.4 is 10.6 Å². The summed E-state index contributed by atoms with van der Waals surface area (Å²) in [5.74, 6) is 1.74. The highest BCUT2D eigenvalue weighted by Crippen LogP contribution is 2.33. The first-order valence-corrected chi connectivity index (χ1v) is 9.99. The van der Waals surface area contributed by atoms with Crippen LogP contribution in [-0.4, -0.2) is 48.7 Å². The topological polar surface area (TPSA) is 97.1 Å². The molecular formula is C18H21N7OS. The molecule has 1 unspecified atom stereocenters. The molecule has 0 bridgehead atoms. The molecule has 27 heavy (non-hydrogen) atoms. The van der Waals surface area contributed by atoms with E-state index >= 15 is 0 Å². The van der Waals surface area contributed by atoms with Gasteiger partial charge >= 0.3 is 0 Å². The molecule has 2 heterocycles. The summed E-state index contributed by atoms with van der Waals surface area (Å²) in [6, 6.07) is 7.82. The summed E-state index contributed by atoms with van der Waals surface area (Å²) < 4.78 is 1.78. The Hall–Kier alpha value is -2.68. The van der Waals surface area contributed by atoms with Crippen molar-refractivity contribution in [1.82, 2.24) is 24.6 Å². The van der Waals surface area contributed by atoms with Crippen LogP contribution in [0, 0.1) is 0 Å². The first-order chi connectivity index (χ1) is 13.2. The Morgan fingerprint density at radius 3 is 2.78 bits per heavy atom. The molecule has 0 fully saturated rings. The van der Waals surface area contributed by atoms with E-state index in [4.69, 9.17) is 0 Å². The lowest BCUT2D eigenvalue weighted by Gasteiger charge is -2.22. The standard InChI is InChI=1S/C18H21N7OS/c1-3-19-15-21-16(20-4-2)25-17(22-15)23-24-18(25)27-13-10-9-11-7-5-6-8-12(11)14(13)26/h5-8,13H,3-4,9-10H2,1-2H3,(H2,19,20,21,22,23). The Morgan fingerprint density at radius 2 is 1.96 bits per heavy atom. The second-order valence-corrected chi connectivity index (χ2v) is 7.39. The van der Waals surface area contributed by atoms with Crippen LogP contribution in [-0.2, 0) is 6.42 Å². The van der Waals surface area contributed by atoms with Gasteiger partial charge in [0, 0.05) is 18.7 Å². The van der Waals surface area contributed by atoms with Gasteiger partial charge in [-0.25, -0.2) is 4.40 Å². The molecule has 1 aromatic carbocycles. The molecule has 3 aromatic rings. The molecule has 0 saturated heterocycles. The fourth-order valence-electron chi connectivity index (χ4n) is 3.19. The van der Waals surface area contributed by atoms with Crippen molar-refractivity contribution >= 4 is 35.2 Å². The van der Waals surface area contributed by atoms with E-state index in [1.165, 1.54) is 11.8 Å². The van der Waals surface area contributed by atoms with Crippen LogP contribution in [0.4, 0.5) is 11.9 Å². The molecule has 0 amide bonds. The molecular weight excluding hydrogens is 362 g/mol. The molecule has 4 rings (SSSR count). The Labute approximate surface area is 161 Å². The van der Waals surface area contributed by atoms with Crippen molar-refractivity contribution in [2.75, 3.05) is 23.7 Å². The van der Waals surface area contributed by atoms with Crippen LogP contribution in [0.15, 0.2) is 29.4 Å². The summed E-state index contributed by atoms with van der Waals surface area (Å²) in [6.45, 7) is 5.40. The van der Waals surface area contributed by atoms with Gasteiger partial charge in [0.15, 0.2) is 10.9 Å². The zero-order valence-electron chi connectivity index (χ0n) is 15.3. The van der Waals surface area contributed by atoms with E-state index < -0.39 is 0 Å². The van der Waals surface area contributed by atoms with Gasteiger partial charge in [-0.3, -0.25) is 4.79 Å². The molecule has 2 N–H and O–H groups in total. The smallest absolute Gasteiger partial charge is 0.261 e. The Balaban J connectivity index is 1.67. The minimum Gasteiger partial charge on any atom is -0.355 e. The number of carbonyl (C=O) groups excluding carboxylic acids is 1.